The summed E-state index contributed by atoms with van der Waals surface area (Å²) in [5, 5.41) is 3.80. The van der Waals surface area contributed by atoms with Gasteiger partial charge in [-0.2, -0.15) is 0 Å². The first-order chi connectivity index (χ1) is 7.31. The van der Waals surface area contributed by atoms with Crippen LogP contribution in [0.3, 0.4) is 0 Å². The summed E-state index contributed by atoms with van der Waals surface area (Å²) in [6.07, 6.45) is 6.89. The number of hydrogen-bond donors (Lipinski definition) is 1. The zero-order valence-corrected chi connectivity index (χ0v) is 10.3. The van der Waals surface area contributed by atoms with Crippen LogP contribution in [0.4, 0.5) is 0 Å². The monoisotopic (exact) mass is 210 g/mol. The number of likely N-dealkylation sites (tertiary alicyclic amines) is 1. The number of rotatable bonds is 5. The first kappa shape index (κ1) is 11.4. The van der Waals surface area contributed by atoms with Crippen LogP contribution in [0.2, 0.25) is 0 Å². The molecule has 1 saturated carbocycles. The highest BCUT2D eigenvalue weighted by Crippen LogP contribution is 2.25. The topological polar surface area (TPSA) is 15.3 Å². The Morgan fingerprint density at radius 1 is 1.13 bits per heavy atom. The van der Waals surface area contributed by atoms with Crippen molar-refractivity contribution >= 4 is 0 Å². The highest BCUT2D eigenvalue weighted by Gasteiger charge is 2.30. The lowest BCUT2D eigenvalue weighted by molar-refractivity contribution is 0.138. The van der Waals surface area contributed by atoms with Crippen LogP contribution in [-0.4, -0.2) is 36.6 Å². The largest absolute Gasteiger partial charge is 0.310 e. The van der Waals surface area contributed by atoms with E-state index in [0.29, 0.717) is 0 Å². The summed E-state index contributed by atoms with van der Waals surface area (Å²) >= 11 is 0. The zero-order chi connectivity index (χ0) is 10.7. The van der Waals surface area contributed by atoms with Crippen molar-refractivity contribution in [1.29, 1.82) is 0 Å². The zero-order valence-electron chi connectivity index (χ0n) is 10.3. The van der Waals surface area contributed by atoms with Crippen molar-refractivity contribution < 1.29 is 0 Å². The molecular weight excluding hydrogens is 184 g/mol. The molecule has 0 bridgehead atoms. The Labute approximate surface area is 94.4 Å². The fraction of sp³-hybridized carbons (Fsp3) is 1.00. The van der Waals surface area contributed by atoms with Crippen molar-refractivity contribution in [3.63, 3.8) is 0 Å². The van der Waals surface area contributed by atoms with E-state index in [-0.39, 0.29) is 0 Å². The second-order valence-corrected chi connectivity index (χ2v) is 5.41. The molecule has 1 saturated heterocycles. The van der Waals surface area contributed by atoms with Crippen LogP contribution in [-0.2, 0) is 0 Å². The van der Waals surface area contributed by atoms with E-state index in [9.17, 15) is 0 Å². The SMILES string of the molecule is CCCN1CC(CC)CC(NC2CC2)C1. The molecule has 0 aromatic rings. The minimum atomic E-state index is 0.780. The van der Waals surface area contributed by atoms with Gasteiger partial charge in [0.2, 0.25) is 0 Å². The van der Waals surface area contributed by atoms with E-state index in [0.717, 1.165) is 18.0 Å². The van der Waals surface area contributed by atoms with Crippen LogP contribution in [0.5, 0.6) is 0 Å². The lowest BCUT2D eigenvalue weighted by atomic mass is 9.92. The van der Waals surface area contributed by atoms with E-state index in [2.05, 4.69) is 24.1 Å². The van der Waals surface area contributed by atoms with Gasteiger partial charge in [0.15, 0.2) is 0 Å². The molecule has 1 heterocycles. The summed E-state index contributed by atoms with van der Waals surface area (Å²) in [5.41, 5.74) is 0. The number of nitrogens with one attached hydrogen (secondary N) is 1. The van der Waals surface area contributed by atoms with Gasteiger partial charge >= 0.3 is 0 Å². The first-order valence-corrected chi connectivity index (χ1v) is 6.80. The van der Waals surface area contributed by atoms with Crippen LogP contribution in [0, 0.1) is 5.92 Å². The molecule has 2 unspecified atom stereocenters. The van der Waals surface area contributed by atoms with E-state index in [1.807, 2.05) is 0 Å². The predicted octanol–water partition coefficient (Wildman–Crippen LogP) is 2.25. The van der Waals surface area contributed by atoms with Gasteiger partial charge in [0, 0.05) is 25.2 Å². The maximum Gasteiger partial charge on any atom is 0.0200 e. The van der Waals surface area contributed by atoms with Gasteiger partial charge in [0.05, 0.1) is 0 Å². The molecule has 2 aliphatic rings. The van der Waals surface area contributed by atoms with Crippen molar-refractivity contribution in [3.8, 4) is 0 Å². The second-order valence-electron chi connectivity index (χ2n) is 5.41. The van der Waals surface area contributed by atoms with Crippen LogP contribution in [0.1, 0.15) is 46.0 Å². The van der Waals surface area contributed by atoms with Crippen LogP contribution in [0.15, 0.2) is 0 Å². The van der Waals surface area contributed by atoms with Crippen LogP contribution < -0.4 is 5.32 Å². The molecule has 0 amide bonds. The smallest absolute Gasteiger partial charge is 0.0200 e. The van der Waals surface area contributed by atoms with E-state index in [1.54, 1.807) is 0 Å². The lowest BCUT2D eigenvalue weighted by Crippen LogP contribution is -2.49. The Morgan fingerprint density at radius 2 is 1.93 bits per heavy atom. The lowest BCUT2D eigenvalue weighted by Gasteiger charge is -2.38. The highest BCUT2D eigenvalue weighted by atomic mass is 15.2. The maximum absolute atomic E-state index is 3.80. The molecule has 1 aliphatic heterocycles. The third-order valence-electron chi connectivity index (χ3n) is 3.78. The summed E-state index contributed by atoms with van der Waals surface area (Å²) in [7, 11) is 0. The van der Waals surface area contributed by atoms with E-state index >= 15 is 0 Å². The third-order valence-corrected chi connectivity index (χ3v) is 3.78. The molecule has 2 rings (SSSR count). The Balaban J connectivity index is 1.81. The molecule has 2 atom stereocenters. The molecule has 0 radical (unpaired) electrons. The van der Waals surface area contributed by atoms with Crippen molar-refractivity contribution in [1.82, 2.24) is 10.2 Å². The van der Waals surface area contributed by atoms with Gasteiger partial charge in [-0.05, 0) is 38.1 Å². The van der Waals surface area contributed by atoms with Gasteiger partial charge in [0.1, 0.15) is 0 Å². The summed E-state index contributed by atoms with van der Waals surface area (Å²) < 4.78 is 0. The molecule has 2 nitrogen and oxygen atoms in total. The molecular formula is C13H26N2. The molecule has 1 aliphatic carbocycles. The molecule has 1 N–H and O–H groups in total. The van der Waals surface area contributed by atoms with Gasteiger partial charge in [-0.1, -0.05) is 20.3 Å². The Morgan fingerprint density at radius 3 is 2.53 bits per heavy atom. The Bertz CT molecular complexity index is 189. The molecule has 0 spiro atoms. The average Bonchev–Trinajstić information content (AvgIpc) is 3.02. The molecule has 0 aromatic carbocycles. The van der Waals surface area contributed by atoms with Crippen molar-refractivity contribution in [2.24, 2.45) is 5.92 Å². The van der Waals surface area contributed by atoms with Gasteiger partial charge < -0.3 is 10.2 Å². The van der Waals surface area contributed by atoms with Crippen LogP contribution in [0.25, 0.3) is 0 Å². The summed E-state index contributed by atoms with van der Waals surface area (Å²) in [6.45, 7) is 8.56. The number of piperidine rings is 1. The van der Waals surface area contributed by atoms with Crippen LogP contribution >= 0.6 is 0 Å². The number of hydrogen-bond acceptors (Lipinski definition) is 2. The predicted molar refractivity (Wildman–Crippen MR) is 65.1 cm³/mol. The van der Waals surface area contributed by atoms with Gasteiger partial charge in [0.25, 0.3) is 0 Å². The molecule has 0 aromatic heterocycles. The van der Waals surface area contributed by atoms with E-state index < -0.39 is 0 Å². The van der Waals surface area contributed by atoms with Crippen molar-refractivity contribution in [2.75, 3.05) is 19.6 Å². The average molecular weight is 210 g/mol. The standard InChI is InChI=1S/C13H26N2/c1-3-7-15-9-11(4-2)8-13(10-15)14-12-5-6-12/h11-14H,3-10H2,1-2H3. The minimum absolute atomic E-state index is 0.780. The third kappa shape index (κ3) is 3.46. The fourth-order valence-electron chi connectivity index (χ4n) is 2.80. The minimum Gasteiger partial charge on any atom is -0.310 e. The quantitative estimate of drug-likeness (QED) is 0.749. The summed E-state index contributed by atoms with van der Waals surface area (Å²) in [6, 6.07) is 1.65. The second kappa shape index (κ2) is 5.31. The fourth-order valence-corrected chi connectivity index (χ4v) is 2.80. The summed E-state index contributed by atoms with van der Waals surface area (Å²) in [4.78, 5) is 2.66. The molecule has 88 valence electrons. The highest BCUT2D eigenvalue weighted by molar-refractivity contribution is 4.89. The van der Waals surface area contributed by atoms with Gasteiger partial charge in [-0.25, -0.2) is 0 Å². The molecule has 2 heteroatoms. The number of nitrogens with zero attached hydrogens (tertiary/aromatic N) is 1. The maximum atomic E-state index is 3.80. The Kier molecular flexibility index (Phi) is 4.04. The normalized spacial score (nSPS) is 33.2. The summed E-state index contributed by atoms with van der Waals surface area (Å²) in [5.74, 6) is 0.932. The first-order valence-electron chi connectivity index (χ1n) is 6.80. The van der Waals surface area contributed by atoms with Gasteiger partial charge in [-0.15, -0.1) is 0 Å². The van der Waals surface area contributed by atoms with E-state index in [4.69, 9.17) is 0 Å². The van der Waals surface area contributed by atoms with Gasteiger partial charge in [-0.3, -0.25) is 0 Å². The Hall–Kier alpha value is -0.0800. The van der Waals surface area contributed by atoms with Crippen molar-refractivity contribution in [3.05, 3.63) is 0 Å². The van der Waals surface area contributed by atoms with Crippen molar-refractivity contribution in [2.45, 2.75) is 58.0 Å². The molecule has 15 heavy (non-hydrogen) atoms. The van der Waals surface area contributed by atoms with E-state index in [1.165, 1.54) is 51.7 Å². The molecule has 2 fully saturated rings.